The Morgan fingerprint density at radius 1 is 1.29 bits per heavy atom. The first-order valence-electron chi connectivity index (χ1n) is 7.60. The van der Waals surface area contributed by atoms with Crippen LogP contribution in [0.3, 0.4) is 0 Å². The molecule has 0 aromatic heterocycles. The number of nitrogens with zero attached hydrogens (tertiary/aromatic N) is 2. The predicted molar refractivity (Wildman–Crippen MR) is 80.9 cm³/mol. The summed E-state index contributed by atoms with van der Waals surface area (Å²) in [6.45, 7) is -0.00824. The molecule has 4 nitrogen and oxygen atoms in total. The van der Waals surface area contributed by atoms with Gasteiger partial charge in [-0.2, -0.15) is 5.26 Å². The highest BCUT2D eigenvalue weighted by atomic mass is 16.5. The van der Waals surface area contributed by atoms with E-state index in [-0.39, 0.29) is 12.5 Å². The average Bonchev–Trinajstić information content (AvgIpc) is 2.81. The molecular formula is C17H22N2O2. The highest BCUT2D eigenvalue weighted by molar-refractivity contribution is 5.77. The summed E-state index contributed by atoms with van der Waals surface area (Å²) < 4.78 is 5.52. The lowest BCUT2D eigenvalue weighted by molar-refractivity contribution is -0.134. The van der Waals surface area contributed by atoms with Crippen LogP contribution in [0.5, 0.6) is 5.75 Å². The fourth-order valence-electron chi connectivity index (χ4n) is 2.77. The molecule has 1 aliphatic rings. The molecule has 0 bridgehead atoms. The molecule has 0 radical (unpaired) electrons. The topological polar surface area (TPSA) is 53.3 Å². The van der Waals surface area contributed by atoms with E-state index in [1.54, 1.807) is 24.3 Å². The minimum Gasteiger partial charge on any atom is -0.482 e. The maximum Gasteiger partial charge on any atom is 0.260 e. The number of amides is 1. The van der Waals surface area contributed by atoms with Gasteiger partial charge in [0, 0.05) is 13.1 Å². The number of nitriles is 1. The third-order valence-electron chi connectivity index (χ3n) is 4.12. The van der Waals surface area contributed by atoms with Gasteiger partial charge in [-0.1, -0.05) is 37.8 Å². The Labute approximate surface area is 126 Å². The van der Waals surface area contributed by atoms with Crippen LogP contribution in [0.2, 0.25) is 0 Å². The molecule has 1 amide bonds. The van der Waals surface area contributed by atoms with Crippen LogP contribution in [0.15, 0.2) is 24.3 Å². The van der Waals surface area contributed by atoms with E-state index < -0.39 is 0 Å². The van der Waals surface area contributed by atoms with Crippen LogP contribution in [0.1, 0.15) is 44.1 Å². The van der Waals surface area contributed by atoms with Crippen LogP contribution in [-0.2, 0) is 4.79 Å². The normalized spacial score (nSPS) is 15.8. The van der Waals surface area contributed by atoms with Crippen molar-refractivity contribution in [2.24, 2.45) is 0 Å². The van der Waals surface area contributed by atoms with Gasteiger partial charge in [0.05, 0.1) is 5.56 Å². The van der Waals surface area contributed by atoms with Gasteiger partial charge in [0.15, 0.2) is 6.61 Å². The second-order valence-corrected chi connectivity index (χ2v) is 5.55. The number of benzene rings is 1. The zero-order valence-corrected chi connectivity index (χ0v) is 12.5. The van der Waals surface area contributed by atoms with E-state index in [1.165, 1.54) is 25.7 Å². The van der Waals surface area contributed by atoms with E-state index >= 15 is 0 Å². The summed E-state index contributed by atoms with van der Waals surface area (Å²) in [6, 6.07) is 9.39. The Morgan fingerprint density at radius 2 is 1.95 bits per heavy atom. The van der Waals surface area contributed by atoms with Crippen molar-refractivity contribution in [3.8, 4) is 11.8 Å². The number of para-hydroxylation sites is 1. The third-order valence-corrected chi connectivity index (χ3v) is 4.12. The lowest BCUT2D eigenvalue weighted by Gasteiger charge is -2.27. The van der Waals surface area contributed by atoms with E-state index in [9.17, 15) is 4.79 Å². The van der Waals surface area contributed by atoms with E-state index in [0.29, 0.717) is 17.4 Å². The molecule has 0 heterocycles. The van der Waals surface area contributed by atoms with Crippen LogP contribution < -0.4 is 4.74 Å². The van der Waals surface area contributed by atoms with Crippen LogP contribution in [0.25, 0.3) is 0 Å². The smallest absolute Gasteiger partial charge is 0.260 e. The predicted octanol–water partition coefficient (Wildman–Crippen LogP) is 3.12. The molecule has 0 atom stereocenters. The lowest BCUT2D eigenvalue weighted by atomic mass is 10.1. The molecule has 0 spiro atoms. The fraction of sp³-hybridized carbons (Fsp3) is 0.529. The van der Waals surface area contributed by atoms with E-state index in [1.807, 2.05) is 11.9 Å². The summed E-state index contributed by atoms with van der Waals surface area (Å²) in [5.41, 5.74) is 0.461. The van der Waals surface area contributed by atoms with Crippen molar-refractivity contribution in [3.05, 3.63) is 29.8 Å². The Morgan fingerprint density at radius 3 is 2.62 bits per heavy atom. The molecule has 2 rings (SSSR count). The summed E-state index contributed by atoms with van der Waals surface area (Å²) in [4.78, 5) is 14.1. The molecule has 1 fully saturated rings. The summed E-state index contributed by atoms with van der Waals surface area (Å²) in [6.07, 6.45) is 7.09. The van der Waals surface area contributed by atoms with Crippen molar-refractivity contribution in [1.82, 2.24) is 4.90 Å². The maximum absolute atomic E-state index is 12.2. The van der Waals surface area contributed by atoms with Crippen LogP contribution >= 0.6 is 0 Å². The molecule has 0 saturated heterocycles. The first-order chi connectivity index (χ1) is 10.2. The minimum atomic E-state index is -0.0188. The highest BCUT2D eigenvalue weighted by Gasteiger charge is 2.21. The van der Waals surface area contributed by atoms with Crippen molar-refractivity contribution in [2.75, 3.05) is 13.7 Å². The van der Waals surface area contributed by atoms with Crippen LogP contribution in [0.4, 0.5) is 0 Å². The Hall–Kier alpha value is -2.02. The Balaban J connectivity index is 1.90. The molecule has 21 heavy (non-hydrogen) atoms. The van der Waals surface area contributed by atoms with Gasteiger partial charge >= 0.3 is 0 Å². The monoisotopic (exact) mass is 286 g/mol. The van der Waals surface area contributed by atoms with Gasteiger partial charge in [0.2, 0.25) is 0 Å². The number of ether oxygens (including phenoxy) is 1. The molecule has 1 aromatic rings. The van der Waals surface area contributed by atoms with Crippen molar-refractivity contribution in [2.45, 2.75) is 44.6 Å². The molecule has 0 N–H and O–H groups in total. The molecule has 0 unspecified atom stereocenters. The third kappa shape index (κ3) is 4.22. The first kappa shape index (κ1) is 15.4. The minimum absolute atomic E-state index is 0.00824. The standard InChI is InChI=1S/C17H22N2O2/c1-19(15-9-4-2-3-5-10-15)17(20)13-21-16-11-7-6-8-14(16)12-18/h6-8,11,15H,2-5,9-10,13H2,1H3. The van der Waals surface area contributed by atoms with Gasteiger partial charge in [0.1, 0.15) is 11.8 Å². The Bertz CT molecular complexity index is 514. The van der Waals surface area contributed by atoms with E-state index in [0.717, 1.165) is 12.8 Å². The number of rotatable bonds is 4. The molecular weight excluding hydrogens is 264 g/mol. The zero-order valence-electron chi connectivity index (χ0n) is 12.5. The molecule has 112 valence electrons. The van der Waals surface area contributed by atoms with E-state index in [4.69, 9.17) is 10.00 Å². The van der Waals surface area contributed by atoms with Gasteiger partial charge in [0.25, 0.3) is 5.91 Å². The number of carbonyl (C=O) groups excluding carboxylic acids is 1. The molecule has 1 aliphatic carbocycles. The fourth-order valence-corrected chi connectivity index (χ4v) is 2.77. The van der Waals surface area contributed by atoms with Gasteiger partial charge in [-0.05, 0) is 25.0 Å². The van der Waals surface area contributed by atoms with Gasteiger partial charge in [-0.25, -0.2) is 0 Å². The number of hydrogen-bond acceptors (Lipinski definition) is 3. The lowest BCUT2D eigenvalue weighted by Crippen LogP contribution is -2.39. The highest BCUT2D eigenvalue weighted by Crippen LogP contribution is 2.21. The summed E-state index contributed by atoms with van der Waals surface area (Å²) in [5, 5.41) is 9.00. The van der Waals surface area contributed by atoms with Crippen molar-refractivity contribution < 1.29 is 9.53 Å². The summed E-state index contributed by atoms with van der Waals surface area (Å²) in [7, 11) is 1.86. The summed E-state index contributed by atoms with van der Waals surface area (Å²) >= 11 is 0. The SMILES string of the molecule is CN(C(=O)COc1ccccc1C#N)C1CCCCCC1. The van der Waals surface area contributed by atoms with Crippen molar-refractivity contribution in [1.29, 1.82) is 5.26 Å². The van der Waals surface area contributed by atoms with E-state index in [2.05, 4.69) is 6.07 Å². The number of hydrogen-bond donors (Lipinski definition) is 0. The van der Waals surface area contributed by atoms with Gasteiger partial charge < -0.3 is 9.64 Å². The second-order valence-electron chi connectivity index (χ2n) is 5.55. The van der Waals surface area contributed by atoms with Gasteiger partial charge in [-0.3, -0.25) is 4.79 Å². The summed E-state index contributed by atoms with van der Waals surface area (Å²) in [5.74, 6) is 0.456. The van der Waals surface area contributed by atoms with Crippen LogP contribution in [-0.4, -0.2) is 30.5 Å². The molecule has 1 saturated carbocycles. The second kappa shape index (κ2) is 7.68. The van der Waals surface area contributed by atoms with Gasteiger partial charge in [-0.15, -0.1) is 0 Å². The largest absolute Gasteiger partial charge is 0.482 e. The van der Waals surface area contributed by atoms with Crippen molar-refractivity contribution in [3.63, 3.8) is 0 Å². The zero-order chi connectivity index (χ0) is 15.1. The molecule has 4 heteroatoms. The van der Waals surface area contributed by atoms with Crippen LogP contribution in [0, 0.1) is 11.3 Å². The van der Waals surface area contributed by atoms with Crippen molar-refractivity contribution >= 4 is 5.91 Å². The molecule has 0 aliphatic heterocycles. The number of carbonyl (C=O) groups is 1. The maximum atomic E-state index is 12.2. The average molecular weight is 286 g/mol. The molecule has 1 aromatic carbocycles. The number of likely N-dealkylation sites (N-methyl/N-ethyl adjacent to an activating group) is 1. The quantitative estimate of drug-likeness (QED) is 0.799. The first-order valence-corrected chi connectivity index (χ1v) is 7.60. The Kier molecular flexibility index (Phi) is 5.62.